The van der Waals surface area contributed by atoms with Crippen molar-refractivity contribution in [2.45, 2.75) is 177 Å². The lowest BCUT2D eigenvalue weighted by Crippen LogP contribution is -2.67. The van der Waals surface area contributed by atoms with Gasteiger partial charge in [-0.2, -0.15) is 5.26 Å². The molecule has 0 atom stereocenters. The van der Waals surface area contributed by atoms with Crippen molar-refractivity contribution < 1.29 is 56.7 Å². The van der Waals surface area contributed by atoms with E-state index in [2.05, 4.69) is 38.0 Å². The first-order chi connectivity index (χ1) is 43.6. The van der Waals surface area contributed by atoms with Crippen LogP contribution in [-0.2, 0) is 58.1 Å². The second-order valence-electron chi connectivity index (χ2n) is 25.1. The zero-order valence-electron chi connectivity index (χ0n) is 53.5. The summed E-state index contributed by atoms with van der Waals surface area (Å²) in [4.78, 5) is 128. The minimum Gasteiger partial charge on any atom is -0.347 e. The fraction of sp³-hybridized carbons (Fsp3) is 0.397. The van der Waals surface area contributed by atoms with Crippen molar-refractivity contribution in [2.75, 3.05) is 16.0 Å². The number of alkyl halides is 2. The summed E-state index contributed by atoms with van der Waals surface area (Å²) in [5, 5.41) is 26.2. The monoisotopic (exact) mass is 1330 g/mol. The molecule has 0 bridgehead atoms. The molecule has 6 aromatic rings. The van der Waals surface area contributed by atoms with Crippen LogP contribution in [0.25, 0.3) is 0 Å². The van der Waals surface area contributed by atoms with E-state index in [1.807, 2.05) is 31.4 Å². The molecule has 25 heteroatoms. The van der Waals surface area contributed by atoms with Crippen molar-refractivity contribution in [3.8, 4) is 6.07 Å². The Labute approximate surface area is 551 Å². The molecule has 0 saturated heterocycles. The molecular formula is C68H73Cl3F2N10O10. The minimum absolute atomic E-state index is 0.0242. The first-order valence-electron chi connectivity index (χ1n) is 30.4. The van der Waals surface area contributed by atoms with Crippen LogP contribution < -0.4 is 31.9 Å². The predicted molar refractivity (Wildman–Crippen MR) is 349 cm³/mol. The molecule has 490 valence electrons. The summed E-state index contributed by atoms with van der Waals surface area (Å²) >= 11 is 18.8. The number of benzene rings is 3. The van der Waals surface area contributed by atoms with Crippen molar-refractivity contribution in [3.63, 3.8) is 0 Å². The minimum atomic E-state index is -3.07. The molecule has 1 saturated carbocycles. The fourth-order valence-electron chi connectivity index (χ4n) is 12.2. The first-order valence-corrected chi connectivity index (χ1v) is 31.6. The molecule has 0 radical (unpaired) electrons. The highest BCUT2D eigenvalue weighted by atomic mass is 35.5. The van der Waals surface area contributed by atoms with Crippen molar-refractivity contribution in [1.82, 2.24) is 29.7 Å². The van der Waals surface area contributed by atoms with E-state index in [-0.39, 0.29) is 45.9 Å². The zero-order valence-corrected chi connectivity index (χ0v) is 55.8. The number of fused-ring (bicyclic) bond motifs is 3. The SMILES string of the molecule is CCC(=O)C1(NC(=O)C(=O)c2c(C)c(C(=O)Nc3ccc(C)c(Cl)c3)n3c2CCC3)CC(F)(F)C1.Cc1ccc(NC(=O)c2c(C)c(C(=O)C(=O)NC(C)C)c3n2CCC3)cc1Cl.Cc1ccc(NC(=O)c2c(Cl)c(C(=O)C(=O)NC(C)(C)C)c3n2CCC3)cc1C#N. The molecular weight excluding hydrogens is 1260 g/mol. The van der Waals surface area contributed by atoms with E-state index in [9.17, 15) is 62.0 Å². The highest BCUT2D eigenvalue weighted by Gasteiger charge is 2.61. The summed E-state index contributed by atoms with van der Waals surface area (Å²) in [6.45, 7) is 20.9. The summed E-state index contributed by atoms with van der Waals surface area (Å²) in [5.41, 5.74) is 6.32. The number of hydrogen-bond acceptors (Lipinski definition) is 11. The number of nitriles is 1. The Balaban J connectivity index is 0.000000181. The second kappa shape index (κ2) is 27.8. The van der Waals surface area contributed by atoms with Gasteiger partial charge in [0.25, 0.3) is 58.7 Å². The number of nitrogens with zero attached hydrogens (tertiary/aromatic N) is 4. The number of carbonyl (C=O) groups is 10. The fourth-order valence-corrected chi connectivity index (χ4v) is 13.0. The van der Waals surface area contributed by atoms with Gasteiger partial charge < -0.3 is 45.6 Å². The van der Waals surface area contributed by atoms with Crippen LogP contribution in [0.15, 0.2) is 54.6 Å². The topological polar surface area (TPSA) is 281 Å². The third-order valence-electron chi connectivity index (χ3n) is 16.6. The number of nitrogens with one attached hydrogen (secondary N) is 6. The highest BCUT2D eigenvalue weighted by Crippen LogP contribution is 2.47. The maximum absolute atomic E-state index is 13.6. The summed E-state index contributed by atoms with van der Waals surface area (Å²) in [6.07, 6.45) is 2.26. The van der Waals surface area contributed by atoms with Crippen LogP contribution in [0.2, 0.25) is 15.1 Å². The largest absolute Gasteiger partial charge is 0.347 e. The number of halogens is 5. The van der Waals surface area contributed by atoms with Crippen molar-refractivity contribution >= 4 is 110 Å². The summed E-state index contributed by atoms with van der Waals surface area (Å²) in [7, 11) is 0. The van der Waals surface area contributed by atoms with Crippen molar-refractivity contribution in [3.05, 3.63) is 154 Å². The Kier molecular flexibility index (Phi) is 21.0. The van der Waals surface area contributed by atoms with E-state index < -0.39 is 82.5 Å². The van der Waals surface area contributed by atoms with Gasteiger partial charge in [0.1, 0.15) is 22.6 Å². The van der Waals surface area contributed by atoms with Crippen LogP contribution in [0, 0.1) is 45.9 Å². The standard InChI is InChI=1S/C25H26ClF2N3O4.C22H23ClN4O3.C21H24ClN3O3/c1-4-18(32)24(11-25(27,28)12-24)30-23(35)21(33)19-14(3)20(31-9-5-6-17(19)31)22(34)29-15-8-7-13(2)16(26)10-15;1-12-7-8-14(10-13(12)11-24)25-20(29)18-17(23)16(15-6-5-9-27(15)18)19(28)21(30)26-22(2,3)4;1-11(2)23-21(28)19(26)17-13(4)18(25-9-5-6-16(17)25)20(27)24-14-8-7-12(3)15(22)10-14/h7-8,10H,4-6,9,11-12H2,1-3H3,(H,29,34)(H,30,35);7-8,10H,5-6,9H2,1-4H3,(H,25,29)(H,26,30);7-8,10-11H,5-6,9H2,1-4H3,(H,23,28)(H,24,27). The average Bonchev–Trinajstić information content (AvgIpc) is 1.74. The van der Waals surface area contributed by atoms with E-state index in [0.717, 1.165) is 35.2 Å². The Morgan fingerprint density at radius 1 is 0.581 bits per heavy atom. The van der Waals surface area contributed by atoms with Gasteiger partial charge in [-0.15, -0.1) is 0 Å². The van der Waals surface area contributed by atoms with Crippen LogP contribution in [-0.4, -0.2) is 95.3 Å². The Morgan fingerprint density at radius 2 is 0.978 bits per heavy atom. The molecule has 10 rings (SSSR count). The van der Waals surface area contributed by atoms with Crippen molar-refractivity contribution in [2.24, 2.45) is 0 Å². The number of amides is 6. The van der Waals surface area contributed by atoms with E-state index in [1.165, 1.54) is 6.92 Å². The van der Waals surface area contributed by atoms with Gasteiger partial charge >= 0.3 is 0 Å². The Morgan fingerprint density at radius 3 is 1.39 bits per heavy atom. The molecule has 1 fully saturated rings. The van der Waals surface area contributed by atoms with Gasteiger partial charge in [-0.05, 0) is 172 Å². The number of hydrogen-bond donors (Lipinski definition) is 6. The number of aryl methyl sites for hydroxylation is 3. The molecule has 6 N–H and O–H groups in total. The van der Waals surface area contributed by atoms with Crippen LogP contribution in [0.4, 0.5) is 25.8 Å². The summed E-state index contributed by atoms with van der Waals surface area (Å²) in [6, 6.07) is 17.4. The maximum Gasteiger partial charge on any atom is 0.293 e. The van der Waals surface area contributed by atoms with Gasteiger partial charge in [-0.1, -0.05) is 59.9 Å². The summed E-state index contributed by atoms with van der Waals surface area (Å²) < 4.78 is 32.5. The Hall–Kier alpha value is -8.78. The zero-order chi connectivity index (χ0) is 68.5. The lowest BCUT2D eigenvalue weighted by Gasteiger charge is -2.46. The smallest absolute Gasteiger partial charge is 0.293 e. The average molecular weight is 1330 g/mol. The lowest BCUT2D eigenvalue weighted by molar-refractivity contribution is -0.163. The van der Waals surface area contributed by atoms with Gasteiger partial charge in [0.05, 0.1) is 33.3 Å². The van der Waals surface area contributed by atoms with E-state index in [1.54, 1.807) is 106 Å². The molecule has 3 aromatic heterocycles. The first kappa shape index (κ1) is 70.1. The molecule has 3 aliphatic heterocycles. The lowest BCUT2D eigenvalue weighted by atomic mass is 9.69. The molecule has 0 unspecified atom stereocenters. The maximum atomic E-state index is 13.6. The number of aromatic nitrogens is 3. The quantitative estimate of drug-likeness (QED) is 0.0391. The van der Waals surface area contributed by atoms with Gasteiger partial charge in [0.2, 0.25) is 0 Å². The van der Waals surface area contributed by atoms with E-state index in [4.69, 9.17) is 34.8 Å². The van der Waals surface area contributed by atoms with Gasteiger partial charge in [-0.25, -0.2) is 8.78 Å². The number of ketones is 4. The molecule has 1 aliphatic carbocycles. The number of anilines is 3. The van der Waals surface area contributed by atoms with E-state index >= 15 is 0 Å². The third-order valence-corrected chi connectivity index (χ3v) is 17.8. The molecule has 6 heterocycles. The predicted octanol–water partition coefficient (Wildman–Crippen LogP) is 11.7. The molecule has 6 amide bonds. The number of Topliss-reactive ketones (excluding diaryl/α,β-unsaturated/α-hetero) is 4. The van der Waals surface area contributed by atoms with Crippen LogP contribution >= 0.6 is 34.8 Å². The van der Waals surface area contributed by atoms with Crippen LogP contribution in [0.5, 0.6) is 0 Å². The van der Waals surface area contributed by atoms with Gasteiger partial charge in [0, 0.05) is 94.7 Å². The summed E-state index contributed by atoms with van der Waals surface area (Å²) in [5.74, 6) is -9.68. The molecule has 93 heavy (non-hydrogen) atoms. The van der Waals surface area contributed by atoms with Crippen LogP contribution in [0.1, 0.15) is 193 Å². The number of carbonyl (C=O) groups excluding carboxylic acids is 10. The highest BCUT2D eigenvalue weighted by molar-refractivity contribution is 6.49. The molecule has 20 nitrogen and oxygen atoms in total. The van der Waals surface area contributed by atoms with Crippen molar-refractivity contribution in [1.29, 1.82) is 5.26 Å². The Bertz CT molecular complexity index is 4170. The molecule has 3 aromatic carbocycles. The van der Waals surface area contributed by atoms with Gasteiger partial charge in [0.15, 0.2) is 5.78 Å². The normalized spacial score (nSPS) is 14.5. The van der Waals surface area contributed by atoms with E-state index in [0.29, 0.717) is 112 Å². The second-order valence-corrected chi connectivity index (χ2v) is 26.3. The molecule has 4 aliphatic rings. The van der Waals surface area contributed by atoms with Crippen LogP contribution in [0.3, 0.4) is 0 Å². The van der Waals surface area contributed by atoms with Gasteiger partial charge in [-0.3, -0.25) is 47.9 Å². The molecule has 0 spiro atoms. The third kappa shape index (κ3) is 14.9. The number of rotatable bonds is 16.